The normalized spacial score (nSPS) is 12.5. The van der Waals surface area contributed by atoms with Crippen molar-refractivity contribution in [2.45, 2.75) is 6.42 Å². The van der Waals surface area contributed by atoms with Crippen molar-refractivity contribution in [3.63, 3.8) is 0 Å². The van der Waals surface area contributed by atoms with Gasteiger partial charge in [0.25, 0.3) is 5.91 Å². The van der Waals surface area contributed by atoms with Crippen molar-refractivity contribution in [2.24, 2.45) is 0 Å². The van der Waals surface area contributed by atoms with Crippen molar-refractivity contribution < 1.29 is 23.8 Å². The average Bonchev–Trinajstić information content (AvgIpc) is 2.61. The van der Waals surface area contributed by atoms with E-state index in [0.29, 0.717) is 28.6 Å². The summed E-state index contributed by atoms with van der Waals surface area (Å²) in [6, 6.07) is 10.4. The first-order valence-electron chi connectivity index (χ1n) is 7.66. The molecule has 1 aliphatic rings. The van der Waals surface area contributed by atoms with Crippen molar-refractivity contribution in [2.75, 3.05) is 31.5 Å². The third-order valence-corrected chi connectivity index (χ3v) is 3.72. The Morgan fingerprint density at radius 2 is 2.04 bits per heavy atom. The molecule has 25 heavy (non-hydrogen) atoms. The van der Waals surface area contributed by atoms with Crippen LogP contribution in [0.3, 0.4) is 0 Å². The van der Waals surface area contributed by atoms with E-state index in [1.807, 2.05) is 0 Å². The summed E-state index contributed by atoms with van der Waals surface area (Å²) < 4.78 is 15.7. The van der Waals surface area contributed by atoms with Gasteiger partial charge in [-0.15, -0.1) is 0 Å². The van der Waals surface area contributed by atoms with E-state index < -0.39 is 0 Å². The summed E-state index contributed by atoms with van der Waals surface area (Å²) in [4.78, 5) is 23.7. The van der Waals surface area contributed by atoms with Crippen LogP contribution in [-0.2, 0) is 16.0 Å². The van der Waals surface area contributed by atoms with Crippen molar-refractivity contribution >= 4 is 23.2 Å². The fourth-order valence-electron chi connectivity index (χ4n) is 2.53. The van der Waals surface area contributed by atoms with Crippen LogP contribution in [-0.4, -0.2) is 32.6 Å². The summed E-state index contributed by atoms with van der Waals surface area (Å²) in [6.45, 7) is 0.00245. The maximum atomic E-state index is 12.4. The Bertz CT molecular complexity index is 819. The second-order valence-corrected chi connectivity index (χ2v) is 5.46. The van der Waals surface area contributed by atoms with Gasteiger partial charge in [-0.2, -0.15) is 0 Å². The molecule has 0 spiro atoms. The predicted octanol–water partition coefficient (Wildman–Crippen LogP) is 2.22. The van der Waals surface area contributed by atoms with Crippen LogP contribution in [0.25, 0.3) is 0 Å². The number of carbonyl (C=O) groups excluding carboxylic acids is 2. The Balaban J connectivity index is 1.73. The third kappa shape index (κ3) is 3.82. The minimum absolute atomic E-state index is 0.00245. The van der Waals surface area contributed by atoms with Crippen LogP contribution in [0.15, 0.2) is 36.4 Å². The molecule has 2 N–H and O–H groups in total. The maximum Gasteiger partial charge on any atom is 0.262 e. The molecule has 2 amide bonds. The number of hydrogen-bond acceptors (Lipinski definition) is 5. The lowest BCUT2D eigenvalue weighted by molar-refractivity contribution is -0.118. The van der Waals surface area contributed by atoms with Crippen LogP contribution in [0.1, 0.15) is 5.56 Å². The Kier molecular flexibility index (Phi) is 4.74. The number of ether oxygens (including phenoxy) is 3. The van der Waals surface area contributed by atoms with Crippen LogP contribution >= 0.6 is 0 Å². The quantitative estimate of drug-likeness (QED) is 0.870. The van der Waals surface area contributed by atoms with Crippen molar-refractivity contribution in [1.82, 2.24) is 0 Å². The highest BCUT2D eigenvalue weighted by Crippen LogP contribution is 2.30. The Morgan fingerprint density at radius 1 is 1.20 bits per heavy atom. The largest absolute Gasteiger partial charge is 0.497 e. The van der Waals surface area contributed by atoms with Gasteiger partial charge in [-0.3, -0.25) is 9.59 Å². The lowest BCUT2D eigenvalue weighted by atomic mass is 10.1. The third-order valence-electron chi connectivity index (χ3n) is 3.72. The standard InChI is InChI=1S/C18H18N2O5/c1-23-12-4-6-15(24-2)14(9-12)19-17(21)8-11-3-5-16-13(7-11)20-18(22)10-25-16/h3-7,9H,8,10H2,1-2H3,(H,19,21)(H,20,22). The minimum atomic E-state index is -0.213. The van der Waals surface area contributed by atoms with Gasteiger partial charge in [-0.25, -0.2) is 0 Å². The number of benzene rings is 2. The zero-order valence-corrected chi connectivity index (χ0v) is 13.9. The van der Waals surface area contributed by atoms with E-state index in [1.54, 1.807) is 43.5 Å². The van der Waals surface area contributed by atoms with E-state index in [9.17, 15) is 9.59 Å². The van der Waals surface area contributed by atoms with Gasteiger partial charge in [0.05, 0.1) is 32.0 Å². The van der Waals surface area contributed by atoms with Crippen LogP contribution in [0.4, 0.5) is 11.4 Å². The Labute approximate surface area is 144 Å². The molecule has 1 aliphatic heterocycles. The molecule has 0 aromatic heterocycles. The molecular weight excluding hydrogens is 324 g/mol. The van der Waals surface area contributed by atoms with E-state index in [0.717, 1.165) is 5.56 Å². The summed E-state index contributed by atoms with van der Waals surface area (Å²) in [7, 11) is 3.08. The molecule has 0 bridgehead atoms. The van der Waals surface area contributed by atoms with Crippen LogP contribution in [0, 0.1) is 0 Å². The minimum Gasteiger partial charge on any atom is -0.497 e. The molecule has 2 aromatic carbocycles. The SMILES string of the molecule is COc1ccc(OC)c(NC(=O)Cc2ccc3c(c2)NC(=O)CO3)c1. The number of nitrogens with one attached hydrogen (secondary N) is 2. The second kappa shape index (κ2) is 7.12. The number of rotatable bonds is 5. The van der Waals surface area contributed by atoms with Crippen LogP contribution < -0.4 is 24.8 Å². The Hall–Kier alpha value is -3.22. The van der Waals surface area contributed by atoms with E-state index >= 15 is 0 Å². The van der Waals surface area contributed by atoms with Gasteiger partial charge in [0.1, 0.15) is 17.2 Å². The summed E-state index contributed by atoms with van der Waals surface area (Å²) in [5.41, 5.74) is 1.85. The van der Waals surface area contributed by atoms with Crippen LogP contribution in [0.2, 0.25) is 0 Å². The molecule has 1 heterocycles. The number of anilines is 2. The van der Waals surface area contributed by atoms with Crippen molar-refractivity contribution in [3.05, 3.63) is 42.0 Å². The highest BCUT2D eigenvalue weighted by atomic mass is 16.5. The fraction of sp³-hybridized carbons (Fsp3) is 0.222. The van der Waals surface area contributed by atoms with E-state index in [-0.39, 0.29) is 24.8 Å². The molecular formula is C18H18N2O5. The smallest absolute Gasteiger partial charge is 0.262 e. The number of carbonyl (C=O) groups is 2. The van der Waals surface area contributed by atoms with Crippen LogP contribution in [0.5, 0.6) is 17.2 Å². The highest BCUT2D eigenvalue weighted by Gasteiger charge is 2.17. The molecule has 0 saturated heterocycles. The number of fused-ring (bicyclic) bond motifs is 1. The average molecular weight is 342 g/mol. The lowest BCUT2D eigenvalue weighted by Gasteiger charge is -2.18. The van der Waals surface area contributed by atoms with Gasteiger partial charge in [0.15, 0.2) is 6.61 Å². The molecule has 0 saturated carbocycles. The zero-order valence-electron chi connectivity index (χ0n) is 13.9. The predicted molar refractivity (Wildman–Crippen MR) is 92.4 cm³/mol. The maximum absolute atomic E-state index is 12.4. The Morgan fingerprint density at radius 3 is 2.80 bits per heavy atom. The molecule has 7 nitrogen and oxygen atoms in total. The second-order valence-electron chi connectivity index (χ2n) is 5.46. The molecule has 3 rings (SSSR count). The zero-order chi connectivity index (χ0) is 17.8. The van der Waals surface area contributed by atoms with Crippen molar-refractivity contribution in [3.8, 4) is 17.2 Å². The van der Waals surface area contributed by atoms with Gasteiger partial charge in [0.2, 0.25) is 5.91 Å². The number of hydrogen-bond donors (Lipinski definition) is 2. The first-order chi connectivity index (χ1) is 12.1. The number of methoxy groups -OCH3 is 2. The topological polar surface area (TPSA) is 85.9 Å². The van der Waals surface area contributed by atoms with E-state index in [1.165, 1.54) is 7.11 Å². The van der Waals surface area contributed by atoms with Gasteiger partial charge >= 0.3 is 0 Å². The van der Waals surface area contributed by atoms with E-state index in [4.69, 9.17) is 14.2 Å². The summed E-state index contributed by atoms with van der Waals surface area (Å²) in [5, 5.41) is 5.54. The molecule has 2 aromatic rings. The molecule has 0 radical (unpaired) electrons. The molecule has 7 heteroatoms. The first kappa shape index (κ1) is 16.6. The fourth-order valence-corrected chi connectivity index (χ4v) is 2.53. The summed E-state index contributed by atoms with van der Waals surface area (Å²) >= 11 is 0. The summed E-state index contributed by atoms with van der Waals surface area (Å²) in [6.07, 6.45) is 0.142. The van der Waals surface area contributed by atoms with E-state index in [2.05, 4.69) is 10.6 Å². The highest BCUT2D eigenvalue weighted by molar-refractivity contribution is 5.96. The molecule has 0 aliphatic carbocycles. The number of amides is 2. The van der Waals surface area contributed by atoms with Gasteiger partial charge < -0.3 is 24.8 Å². The van der Waals surface area contributed by atoms with Crippen molar-refractivity contribution in [1.29, 1.82) is 0 Å². The molecule has 0 atom stereocenters. The monoisotopic (exact) mass is 342 g/mol. The van der Waals surface area contributed by atoms with Gasteiger partial charge in [-0.05, 0) is 29.8 Å². The van der Waals surface area contributed by atoms with Gasteiger partial charge in [-0.1, -0.05) is 6.07 Å². The molecule has 0 unspecified atom stereocenters. The molecule has 130 valence electrons. The van der Waals surface area contributed by atoms with Gasteiger partial charge in [0, 0.05) is 6.07 Å². The summed E-state index contributed by atoms with van der Waals surface area (Å²) in [5.74, 6) is 1.33. The molecule has 0 fully saturated rings. The lowest BCUT2D eigenvalue weighted by Crippen LogP contribution is -2.25. The first-order valence-corrected chi connectivity index (χ1v) is 7.66.